The second-order valence-corrected chi connectivity index (χ2v) is 5.17. The molecule has 1 aliphatic rings. The molecule has 0 saturated carbocycles. The highest BCUT2D eigenvalue weighted by molar-refractivity contribution is 5.81. The fourth-order valence-electron chi connectivity index (χ4n) is 2.60. The average Bonchev–Trinajstić information content (AvgIpc) is 2.96. The lowest BCUT2D eigenvalue weighted by Crippen LogP contribution is -2.33. The van der Waals surface area contributed by atoms with Crippen molar-refractivity contribution in [2.24, 2.45) is 5.73 Å². The van der Waals surface area contributed by atoms with Gasteiger partial charge < -0.3 is 10.5 Å². The zero-order chi connectivity index (χ0) is 14.7. The monoisotopic (exact) mass is 282 g/mol. The van der Waals surface area contributed by atoms with E-state index in [2.05, 4.69) is 11.4 Å². The Morgan fingerprint density at radius 2 is 2.05 bits per heavy atom. The summed E-state index contributed by atoms with van der Waals surface area (Å²) in [5.74, 6) is 0.596. The van der Waals surface area contributed by atoms with E-state index in [-0.39, 0.29) is 5.91 Å². The summed E-state index contributed by atoms with van der Waals surface area (Å²) in [6, 6.07) is 15.2. The van der Waals surface area contributed by atoms with E-state index in [9.17, 15) is 4.79 Å². The highest BCUT2D eigenvalue weighted by Gasteiger charge is 2.17. The zero-order valence-electron chi connectivity index (χ0n) is 11.7. The van der Waals surface area contributed by atoms with E-state index in [1.807, 2.05) is 42.5 Å². The van der Waals surface area contributed by atoms with Crippen molar-refractivity contribution >= 4 is 5.91 Å². The fraction of sp³-hybridized carbons (Fsp3) is 0.235. The molecule has 4 heteroatoms. The minimum atomic E-state index is -0.476. The molecule has 1 aliphatic heterocycles. The maximum Gasteiger partial charge on any atom is 0.239 e. The largest absolute Gasteiger partial charge is 0.493 e. The minimum absolute atomic E-state index is 0.370. The van der Waals surface area contributed by atoms with Gasteiger partial charge in [-0.3, -0.25) is 10.1 Å². The highest BCUT2D eigenvalue weighted by Crippen LogP contribution is 2.26. The fourth-order valence-corrected chi connectivity index (χ4v) is 2.60. The molecule has 0 saturated heterocycles. The van der Waals surface area contributed by atoms with Crippen LogP contribution in [0.3, 0.4) is 0 Å². The summed E-state index contributed by atoms with van der Waals surface area (Å²) in [5.41, 5.74) is 8.74. The van der Waals surface area contributed by atoms with Crippen LogP contribution in [-0.4, -0.2) is 12.5 Å². The third-order valence-electron chi connectivity index (χ3n) is 3.68. The number of benzene rings is 2. The first-order valence-electron chi connectivity index (χ1n) is 7.06. The molecule has 0 fully saturated rings. The van der Waals surface area contributed by atoms with Gasteiger partial charge in [-0.05, 0) is 22.8 Å². The quantitative estimate of drug-likeness (QED) is 0.881. The first kappa shape index (κ1) is 13.6. The molecule has 1 amide bonds. The molecule has 0 aliphatic carbocycles. The lowest BCUT2D eigenvalue weighted by molar-refractivity contribution is -0.120. The van der Waals surface area contributed by atoms with Gasteiger partial charge in [0.1, 0.15) is 11.8 Å². The summed E-state index contributed by atoms with van der Waals surface area (Å²) in [4.78, 5) is 11.6. The van der Waals surface area contributed by atoms with Gasteiger partial charge in [0.05, 0.1) is 6.61 Å². The SMILES string of the molecule is NC(=O)C(NCc1ccc2c(c1)CCO2)c1ccccc1. The van der Waals surface area contributed by atoms with Crippen LogP contribution in [0.15, 0.2) is 48.5 Å². The highest BCUT2D eigenvalue weighted by atomic mass is 16.5. The smallest absolute Gasteiger partial charge is 0.239 e. The number of amides is 1. The van der Waals surface area contributed by atoms with E-state index in [1.54, 1.807) is 0 Å². The molecule has 1 unspecified atom stereocenters. The molecule has 0 spiro atoms. The van der Waals surface area contributed by atoms with Gasteiger partial charge in [-0.2, -0.15) is 0 Å². The predicted octanol–water partition coefficient (Wildman–Crippen LogP) is 1.94. The number of primary amides is 1. The third-order valence-corrected chi connectivity index (χ3v) is 3.68. The van der Waals surface area contributed by atoms with Gasteiger partial charge in [0.2, 0.25) is 5.91 Å². The molecule has 2 aromatic carbocycles. The molecule has 21 heavy (non-hydrogen) atoms. The van der Waals surface area contributed by atoms with Crippen molar-refractivity contribution in [2.45, 2.75) is 19.0 Å². The topological polar surface area (TPSA) is 64.4 Å². The van der Waals surface area contributed by atoms with Crippen LogP contribution in [0.1, 0.15) is 22.7 Å². The van der Waals surface area contributed by atoms with Gasteiger partial charge in [-0.1, -0.05) is 42.5 Å². The summed E-state index contributed by atoms with van der Waals surface area (Å²) in [6.07, 6.45) is 0.946. The number of carbonyl (C=O) groups excluding carboxylic acids is 1. The molecule has 4 nitrogen and oxygen atoms in total. The molecule has 1 heterocycles. The van der Waals surface area contributed by atoms with Crippen LogP contribution < -0.4 is 15.8 Å². The zero-order valence-corrected chi connectivity index (χ0v) is 11.7. The number of hydrogen-bond donors (Lipinski definition) is 2. The van der Waals surface area contributed by atoms with Crippen LogP contribution in [0, 0.1) is 0 Å². The minimum Gasteiger partial charge on any atom is -0.493 e. The second kappa shape index (κ2) is 5.97. The van der Waals surface area contributed by atoms with Crippen LogP contribution in [0.5, 0.6) is 5.75 Å². The normalized spacial score (nSPS) is 14.3. The Morgan fingerprint density at radius 1 is 1.24 bits per heavy atom. The number of rotatable bonds is 5. The van der Waals surface area contributed by atoms with Gasteiger partial charge in [-0.25, -0.2) is 0 Å². The Bertz CT molecular complexity index is 640. The standard InChI is InChI=1S/C17H18N2O2/c18-17(20)16(13-4-2-1-3-5-13)19-11-12-6-7-15-14(10-12)8-9-21-15/h1-7,10,16,19H,8-9,11H2,(H2,18,20). The first-order valence-corrected chi connectivity index (χ1v) is 7.06. The lowest BCUT2D eigenvalue weighted by Gasteiger charge is -2.16. The van der Waals surface area contributed by atoms with Gasteiger partial charge in [0.15, 0.2) is 0 Å². The summed E-state index contributed by atoms with van der Waals surface area (Å²) >= 11 is 0. The van der Waals surface area contributed by atoms with E-state index in [1.165, 1.54) is 5.56 Å². The van der Waals surface area contributed by atoms with E-state index >= 15 is 0 Å². The van der Waals surface area contributed by atoms with Crippen molar-refractivity contribution < 1.29 is 9.53 Å². The van der Waals surface area contributed by atoms with Crippen LogP contribution in [0.2, 0.25) is 0 Å². The van der Waals surface area contributed by atoms with Crippen molar-refractivity contribution in [2.75, 3.05) is 6.61 Å². The number of nitrogens with two attached hydrogens (primary N) is 1. The number of fused-ring (bicyclic) bond motifs is 1. The van der Waals surface area contributed by atoms with E-state index in [0.717, 1.165) is 29.9 Å². The van der Waals surface area contributed by atoms with Crippen molar-refractivity contribution in [3.05, 3.63) is 65.2 Å². The van der Waals surface area contributed by atoms with Gasteiger partial charge in [-0.15, -0.1) is 0 Å². The molecule has 3 rings (SSSR count). The molecular formula is C17H18N2O2. The van der Waals surface area contributed by atoms with Crippen molar-refractivity contribution in [3.63, 3.8) is 0 Å². The number of nitrogens with one attached hydrogen (secondary N) is 1. The van der Waals surface area contributed by atoms with E-state index in [4.69, 9.17) is 10.5 Å². The maximum absolute atomic E-state index is 11.6. The molecule has 0 bridgehead atoms. The third kappa shape index (κ3) is 3.06. The Kier molecular flexibility index (Phi) is 3.88. The van der Waals surface area contributed by atoms with E-state index in [0.29, 0.717) is 6.54 Å². The molecule has 3 N–H and O–H groups in total. The van der Waals surface area contributed by atoms with Crippen LogP contribution in [0.4, 0.5) is 0 Å². The van der Waals surface area contributed by atoms with Crippen LogP contribution >= 0.6 is 0 Å². The Hall–Kier alpha value is -2.33. The molecule has 0 radical (unpaired) electrons. The average molecular weight is 282 g/mol. The van der Waals surface area contributed by atoms with Crippen LogP contribution in [0.25, 0.3) is 0 Å². The molecular weight excluding hydrogens is 264 g/mol. The van der Waals surface area contributed by atoms with E-state index < -0.39 is 6.04 Å². The van der Waals surface area contributed by atoms with Gasteiger partial charge >= 0.3 is 0 Å². The number of carbonyl (C=O) groups is 1. The summed E-state index contributed by atoms with van der Waals surface area (Å²) in [7, 11) is 0. The number of ether oxygens (including phenoxy) is 1. The van der Waals surface area contributed by atoms with Crippen molar-refractivity contribution in [1.82, 2.24) is 5.32 Å². The summed E-state index contributed by atoms with van der Waals surface area (Å²) in [6.45, 7) is 1.34. The molecule has 1 atom stereocenters. The second-order valence-electron chi connectivity index (χ2n) is 5.17. The summed E-state index contributed by atoms with van der Waals surface area (Å²) in [5, 5.41) is 3.23. The maximum atomic E-state index is 11.6. The van der Waals surface area contributed by atoms with Gasteiger partial charge in [0.25, 0.3) is 0 Å². The van der Waals surface area contributed by atoms with Gasteiger partial charge in [0, 0.05) is 13.0 Å². The molecule has 2 aromatic rings. The Labute approximate surface area is 123 Å². The van der Waals surface area contributed by atoms with Crippen molar-refractivity contribution in [1.29, 1.82) is 0 Å². The first-order chi connectivity index (χ1) is 10.2. The molecule has 0 aromatic heterocycles. The lowest BCUT2D eigenvalue weighted by atomic mass is 10.0. The Morgan fingerprint density at radius 3 is 2.81 bits per heavy atom. The number of hydrogen-bond acceptors (Lipinski definition) is 3. The van der Waals surface area contributed by atoms with Crippen molar-refractivity contribution in [3.8, 4) is 5.75 Å². The Balaban J connectivity index is 1.71. The molecule has 108 valence electrons. The summed E-state index contributed by atoms with van der Waals surface area (Å²) < 4.78 is 5.49. The predicted molar refractivity (Wildman–Crippen MR) is 80.9 cm³/mol. The van der Waals surface area contributed by atoms with Crippen LogP contribution in [-0.2, 0) is 17.8 Å².